The van der Waals surface area contributed by atoms with Crippen LogP contribution >= 0.6 is 0 Å². The van der Waals surface area contributed by atoms with Gasteiger partial charge >= 0.3 is 0 Å². The highest BCUT2D eigenvalue weighted by Gasteiger charge is 2.25. The average molecular weight is 220 g/mol. The summed E-state index contributed by atoms with van der Waals surface area (Å²) < 4.78 is 5.24. The summed E-state index contributed by atoms with van der Waals surface area (Å²) in [6.45, 7) is 1.97. The van der Waals surface area contributed by atoms with Crippen LogP contribution in [-0.4, -0.2) is 20.1 Å². The number of carbonyl (C=O) groups is 1. The lowest BCUT2D eigenvalue weighted by Crippen LogP contribution is -2.30. The van der Waals surface area contributed by atoms with Gasteiger partial charge in [0, 0.05) is 18.2 Å². The molecule has 0 bridgehead atoms. The first-order chi connectivity index (χ1) is 7.65. The van der Waals surface area contributed by atoms with Gasteiger partial charge in [-0.3, -0.25) is 4.79 Å². The highest BCUT2D eigenvalue weighted by molar-refractivity contribution is 5.95. The van der Waals surface area contributed by atoms with Crippen molar-refractivity contribution in [2.45, 2.75) is 19.4 Å². The summed E-state index contributed by atoms with van der Waals surface area (Å²) in [5, 5.41) is 6.06. The molecule has 1 amide bonds. The molecule has 0 spiro atoms. The Morgan fingerprint density at radius 3 is 2.88 bits per heavy atom. The van der Waals surface area contributed by atoms with E-state index < -0.39 is 0 Å². The summed E-state index contributed by atoms with van der Waals surface area (Å²) in [6, 6.07) is 3.97. The third-order valence-electron chi connectivity index (χ3n) is 2.95. The minimum atomic E-state index is 0.0557. The van der Waals surface area contributed by atoms with E-state index in [0.29, 0.717) is 6.42 Å². The Balaban J connectivity index is 2.53. The Morgan fingerprint density at radius 1 is 1.50 bits per heavy atom. The fraction of sp³-hybridized carbons (Fsp3) is 0.417. The Hall–Kier alpha value is -1.55. The van der Waals surface area contributed by atoms with E-state index in [-0.39, 0.29) is 11.9 Å². The molecule has 2 N–H and O–H groups in total. The number of methoxy groups -OCH3 is 1. The number of fused-ring (bicyclic) bond motifs is 1. The van der Waals surface area contributed by atoms with E-state index in [4.69, 9.17) is 4.74 Å². The third-order valence-corrected chi connectivity index (χ3v) is 2.95. The van der Waals surface area contributed by atoms with Crippen molar-refractivity contribution in [3.63, 3.8) is 0 Å². The molecule has 2 rings (SSSR count). The lowest BCUT2D eigenvalue weighted by molar-refractivity contribution is -0.117. The third kappa shape index (κ3) is 1.76. The number of aryl methyl sites for hydroxylation is 1. The zero-order chi connectivity index (χ0) is 11.7. The minimum Gasteiger partial charge on any atom is -0.497 e. The molecule has 1 aromatic carbocycles. The second-order valence-electron chi connectivity index (χ2n) is 4.00. The molecule has 0 aliphatic carbocycles. The molecule has 4 nitrogen and oxygen atoms in total. The van der Waals surface area contributed by atoms with Gasteiger partial charge in [-0.2, -0.15) is 0 Å². The Labute approximate surface area is 95.0 Å². The van der Waals surface area contributed by atoms with Crippen molar-refractivity contribution in [2.24, 2.45) is 0 Å². The first-order valence-electron chi connectivity index (χ1n) is 5.31. The van der Waals surface area contributed by atoms with Crippen LogP contribution in [0.3, 0.4) is 0 Å². The molecular formula is C12H16N2O2. The quantitative estimate of drug-likeness (QED) is 0.796. The van der Waals surface area contributed by atoms with Gasteiger partial charge in [0.1, 0.15) is 5.75 Å². The van der Waals surface area contributed by atoms with E-state index in [1.165, 1.54) is 0 Å². The van der Waals surface area contributed by atoms with Crippen molar-refractivity contribution in [1.82, 2.24) is 5.32 Å². The summed E-state index contributed by atoms with van der Waals surface area (Å²) in [5.41, 5.74) is 3.04. The summed E-state index contributed by atoms with van der Waals surface area (Å²) in [7, 11) is 3.51. The van der Waals surface area contributed by atoms with Gasteiger partial charge in [0.2, 0.25) is 5.91 Å². The predicted molar refractivity (Wildman–Crippen MR) is 62.8 cm³/mol. The van der Waals surface area contributed by atoms with E-state index >= 15 is 0 Å². The van der Waals surface area contributed by atoms with Gasteiger partial charge in [-0.15, -0.1) is 0 Å². The summed E-state index contributed by atoms with van der Waals surface area (Å²) in [4.78, 5) is 11.5. The fourth-order valence-corrected chi connectivity index (χ4v) is 2.09. The van der Waals surface area contributed by atoms with Gasteiger partial charge in [0.05, 0.1) is 7.11 Å². The number of hydrogen-bond donors (Lipinski definition) is 2. The second kappa shape index (κ2) is 4.14. The van der Waals surface area contributed by atoms with Crippen LogP contribution in [0.4, 0.5) is 5.69 Å². The van der Waals surface area contributed by atoms with Crippen molar-refractivity contribution in [2.75, 3.05) is 19.5 Å². The molecule has 0 aromatic heterocycles. The molecule has 1 heterocycles. The van der Waals surface area contributed by atoms with Crippen LogP contribution in [0, 0.1) is 6.92 Å². The molecule has 4 heteroatoms. The SMILES string of the molecule is CNC1CC(=O)Nc2c(C)cc(OC)cc21. The standard InChI is InChI=1S/C12H16N2O2/c1-7-4-8(16-3)5-9-10(13-2)6-11(15)14-12(7)9/h4-5,10,13H,6H2,1-3H3,(H,14,15). The Morgan fingerprint density at radius 2 is 2.25 bits per heavy atom. The molecular weight excluding hydrogens is 204 g/mol. The largest absolute Gasteiger partial charge is 0.497 e. The Kier molecular flexibility index (Phi) is 2.83. The molecule has 0 saturated heterocycles. The minimum absolute atomic E-state index is 0.0557. The number of benzene rings is 1. The van der Waals surface area contributed by atoms with Crippen LogP contribution in [0.1, 0.15) is 23.6 Å². The van der Waals surface area contributed by atoms with Crippen LogP contribution in [0.15, 0.2) is 12.1 Å². The molecule has 0 radical (unpaired) electrons. The first-order valence-corrected chi connectivity index (χ1v) is 5.31. The Bertz CT molecular complexity index is 429. The second-order valence-corrected chi connectivity index (χ2v) is 4.00. The molecule has 1 aliphatic heterocycles. The van der Waals surface area contributed by atoms with Gasteiger partial charge in [-0.05, 0) is 37.2 Å². The summed E-state index contributed by atoms with van der Waals surface area (Å²) >= 11 is 0. The number of hydrogen-bond acceptors (Lipinski definition) is 3. The van der Waals surface area contributed by atoms with Crippen LogP contribution in [0.25, 0.3) is 0 Å². The number of rotatable bonds is 2. The summed E-state index contributed by atoms with van der Waals surface area (Å²) in [6.07, 6.45) is 0.468. The van der Waals surface area contributed by atoms with Crippen LogP contribution in [-0.2, 0) is 4.79 Å². The summed E-state index contributed by atoms with van der Waals surface area (Å²) in [5.74, 6) is 0.882. The van der Waals surface area contributed by atoms with Gasteiger partial charge < -0.3 is 15.4 Å². The zero-order valence-electron chi connectivity index (χ0n) is 9.76. The van der Waals surface area contributed by atoms with E-state index in [1.807, 2.05) is 26.1 Å². The number of amides is 1. The van der Waals surface area contributed by atoms with E-state index in [9.17, 15) is 4.79 Å². The topological polar surface area (TPSA) is 50.4 Å². The molecule has 86 valence electrons. The monoisotopic (exact) mass is 220 g/mol. The zero-order valence-corrected chi connectivity index (χ0v) is 9.76. The average Bonchev–Trinajstić information content (AvgIpc) is 2.28. The van der Waals surface area contributed by atoms with Crippen molar-refractivity contribution in [3.8, 4) is 5.75 Å². The highest BCUT2D eigenvalue weighted by atomic mass is 16.5. The predicted octanol–water partition coefficient (Wildman–Crippen LogP) is 1.61. The number of nitrogens with one attached hydrogen (secondary N) is 2. The van der Waals surface area contributed by atoms with Crippen LogP contribution < -0.4 is 15.4 Å². The van der Waals surface area contributed by atoms with Crippen LogP contribution in [0.5, 0.6) is 5.75 Å². The van der Waals surface area contributed by atoms with Crippen molar-refractivity contribution < 1.29 is 9.53 Å². The lowest BCUT2D eigenvalue weighted by Gasteiger charge is -2.27. The van der Waals surface area contributed by atoms with Gasteiger partial charge in [-0.1, -0.05) is 0 Å². The molecule has 1 aliphatic rings. The van der Waals surface area contributed by atoms with Gasteiger partial charge in [0.25, 0.3) is 0 Å². The lowest BCUT2D eigenvalue weighted by atomic mass is 9.94. The maximum atomic E-state index is 11.5. The van der Waals surface area contributed by atoms with E-state index in [0.717, 1.165) is 22.6 Å². The number of carbonyl (C=O) groups excluding carboxylic acids is 1. The normalized spacial score (nSPS) is 18.9. The highest BCUT2D eigenvalue weighted by Crippen LogP contribution is 2.35. The molecule has 1 aromatic rings. The van der Waals surface area contributed by atoms with Crippen LogP contribution in [0.2, 0.25) is 0 Å². The maximum absolute atomic E-state index is 11.5. The molecule has 16 heavy (non-hydrogen) atoms. The molecule has 0 fully saturated rings. The number of ether oxygens (including phenoxy) is 1. The molecule has 1 atom stereocenters. The number of anilines is 1. The molecule has 0 saturated carbocycles. The smallest absolute Gasteiger partial charge is 0.226 e. The van der Waals surface area contributed by atoms with Gasteiger partial charge in [0.15, 0.2) is 0 Å². The van der Waals surface area contributed by atoms with Gasteiger partial charge in [-0.25, -0.2) is 0 Å². The molecule has 1 unspecified atom stereocenters. The van der Waals surface area contributed by atoms with E-state index in [2.05, 4.69) is 10.6 Å². The first kappa shape index (κ1) is 11.0. The maximum Gasteiger partial charge on any atom is 0.226 e. The van der Waals surface area contributed by atoms with Crippen molar-refractivity contribution >= 4 is 11.6 Å². The van der Waals surface area contributed by atoms with E-state index in [1.54, 1.807) is 7.11 Å². The van der Waals surface area contributed by atoms with Crippen molar-refractivity contribution in [3.05, 3.63) is 23.3 Å². The fourth-order valence-electron chi connectivity index (χ4n) is 2.09. The van der Waals surface area contributed by atoms with Crippen molar-refractivity contribution in [1.29, 1.82) is 0 Å².